The van der Waals surface area contributed by atoms with Crippen molar-refractivity contribution in [2.75, 3.05) is 0 Å². The predicted molar refractivity (Wildman–Crippen MR) is 106 cm³/mol. The molecule has 2 unspecified atom stereocenters. The summed E-state index contributed by atoms with van der Waals surface area (Å²) in [7, 11) is 0. The quantitative estimate of drug-likeness (QED) is 0.356. The number of benzene rings is 1. The fourth-order valence-electron chi connectivity index (χ4n) is 4.01. The summed E-state index contributed by atoms with van der Waals surface area (Å²) in [6, 6.07) is 9.62. The number of aliphatic hydroxyl groups is 1. The van der Waals surface area contributed by atoms with E-state index < -0.39 is 17.7 Å². The van der Waals surface area contributed by atoms with Crippen molar-refractivity contribution in [2.45, 2.75) is 31.8 Å². The van der Waals surface area contributed by atoms with Crippen LogP contribution >= 0.6 is 11.6 Å². The first-order chi connectivity index (χ1) is 13.6. The number of Topliss-reactive ketones (excluding diaryl/α,β-unsaturated/α-hetero) is 1. The molecule has 28 heavy (non-hydrogen) atoms. The van der Waals surface area contributed by atoms with Crippen LogP contribution in [0.3, 0.4) is 0 Å². The van der Waals surface area contributed by atoms with Crippen LogP contribution in [0.15, 0.2) is 64.8 Å². The molecule has 6 heteroatoms. The smallest absolute Gasteiger partial charge is 0.295 e. The Bertz CT molecular complexity index is 943. The van der Waals surface area contributed by atoms with E-state index in [1.165, 1.54) is 11.2 Å². The van der Waals surface area contributed by atoms with Crippen molar-refractivity contribution in [3.8, 4) is 0 Å². The van der Waals surface area contributed by atoms with Crippen LogP contribution in [0.2, 0.25) is 5.02 Å². The number of carbonyl (C=O) groups is 2. The van der Waals surface area contributed by atoms with E-state index in [9.17, 15) is 14.7 Å². The molecular weight excluding hydrogens is 378 g/mol. The highest BCUT2D eigenvalue weighted by atomic mass is 35.5. The van der Waals surface area contributed by atoms with Gasteiger partial charge in [0.25, 0.3) is 11.7 Å². The summed E-state index contributed by atoms with van der Waals surface area (Å²) in [6.45, 7) is 0.194. The van der Waals surface area contributed by atoms with Crippen LogP contribution < -0.4 is 0 Å². The Morgan fingerprint density at radius 3 is 2.61 bits per heavy atom. The predicted octanol–water partition coefficient (Wildman–Crippen LogP) is 4.54. The van der Waals surface area contributed by atoms with Crippen LogP contribution in [0.1, 0.15) is 30.6 Å². The first-order valence-corrected chi connectivity index (χ1v) is 9.66. The zero-order valence-corrected chi connectivity index (χ0v) is 15.9. The molecule has 1 amide bonds. The Balaban J connectivity index is 1.79. The highest BCUT2D eigenvalue weighted by Gasteiger charge is 2.48. The second kappa shape index (κ2) is 7.68. The molecule has 144 valence electrons. The molecule has 5 nitrogen and oxygen atoms in total. The summed E-state index contributed by atoms with van der Waals surface area (Å²) >= 11 is 5.94. The molecule has 2 aliphatic rings. The number of nitrogens with zero attached hydrogens (tertiary/aromatic N) is 1. The molecule has 1 saturated heterocycles. The van der Waals surface area contributed by atoms with E-state index in [0.717, 1.165) is 19.3 Å². The fourth-order valence-corrected chi connectivity index (χ4v) is 4.13. The van der Waals surface area contributed by atoms with Crippen LogP contribution in [-0.4, -0.2) is 27.7 Å². The molecule has 1 aromatic heterocycles. The SMILES string of the molecule is O=C1C(=O)N(Cc2ccco2)C(C2CC=CCC2)C1=C(O)c1ccc(Cl)cc1. The number of hydrogen-bond acceptors (Lipinski definition) is 4. The van der Waals surface area contributed by atoms with E-state index >= 15 is 0 Å². The summed E-state index contributed by atoms with van der Waals surface area (Å²) in [5.74, 6) is -0.758. The lowest BCUT2D eigenvalue weighted by atomic mass is 9.83. The van der Waals surface area contributed by atoms with Crippen LogP contribution in [-0.2, 0) is 16.1 Å². The topological polar surface area (TPSA) is 70.8 Å². The second-order valence-corrected chi connectivity index (χ2v) is 7.54. The van der Waals surface area contributed by atoms with Gasteiger partial charge in [0.05, 0.1) is 24.4 Å². The number of hydrogen-bond donors (Lipinski definition) is 1. The van der Waals surface area contributed by atoms with Gasteiger partial charge in [0, 0.05) is 10.6 Å². The molecule has 1 aliphatic carbocycles. The molecule has 1 aromatic carbocycles. The number of aliphatic hydroxyl groups excluding tert-OH is 1. The molecule has 1 aliphatic heterocycles. The molecule has 1 N–H and O–H groups in total. The van der Waals surface area contributed by atoms with Crippen molar-refractivity contribution >= 4 is 29.1 Å². The number of allylic oxidation sites excluding steroid dienone is 2. The molecule has 4 rings (SSSR count). The Morgan fingerprint density at radius 1 is 1.18 bits per heavy atom. The third kappa shape index (κ3) is 3.38. The maximum absolute atomic E-state index is 12.9. The third-order valence-electron chi connectivity index (χ3n) is 5.37. The first-order valence-electron chi connectivity index (χ1n) is 9.28. The van der Waals surface area contributed by atoms with E-state index in [2.05, 4.69) is 12.2 Å². The standard InChI is InChI=1S/C22H20ClNO4/c23-16-10-8-15(9-11-16)20(25)18-19(14-5-2-1-3-6-14)24(22(27)21(18)26)13-17-7-4-12-28-17/h1-2,4,7-12,14,19,25H,3,5-6,13H2. The number of likely N-dealkylation sites (tertiary alicyclic amines) is 1. The highest BCUT2D eigenvalue weighted by molar-refractivity contribution is 6.46. The van der Waals surface area contributed by atoms with Gasteiger partial charge in [-0.3, -0.25) is 9.59 Å². The minimum absolute atomic E-state index is 0.0554. The van der Waals surface area contributed by atoms with Crippen molar-refractivity contribution in [1.29, 1.82) is 0 Å². The Hall–Kier alpha value is -2.79. The Morgan fingerprint density at radius 2 is 1.96 bits per heavy atom. The average molecular weight is 398 g/mol. The molecule has 0 radical (unpaired) electrons. The van der Waals surface area contributed by atoms with Crippen LogP contribution in [0.5, 0.6) is 0 Å². The average Bonchev–Trinajstić information content (AvgIpc) is 3.31. The maximum atomic E-state index is 12.9. The van der Waals surface area contributed by atoms with Gasteiger partial charge < -0.3 is 14.4 Å². The van der Waals surface area contributed by atoms with E-state index in [-0.39, 0.29) is 23.8 Å². The van der Waals surface area contributed by atoms with Gasteiger partial charge in [-0.1, -0.05) is 23.8 Å². The summed E-state index contributed by atoms with van der Waals surface area (Å²) in [4.78, 5) is 27.3. The van der Waals surface area contributed by atoms with Gasteiger partial charge in [-0.2, -0.15) is 0 Å². The zero-order valence-electron chi connectivity index (χ0n) is 15.2. The molecule has 1 fully saturated rings. The minimum Gasteiger partial charge on any atom is -0.507 e. The van der Waals surface area contributed by atoms with Crippen molar-refractivity contribution in [1.82, 2.24) is 4.90 Å². The number of carbonyl (C=O) groups excluding carboxylic acids is 2. The van der Waals surface area contributed by atoms with Crippen molar-refractivity contribution in [3.05, 3.63) is 76.7 Å². The second-order valence-electron chi connectivity index (χ2n) is 7.10. The van der Waals surface area contributed by atoms with Gasteiger partial charge in [-0.15, -0.1) is 0 Å². The van der Waals surface area contributed by atoms with Crippen LogP contribution in [0.4, 0.5) is 0 Å². The molecule has 0 spiro atoms. The maximum Gasteiger partial charge on any atom is 0.295 e. The monoisotopic (exact) mass is 397 g/mol. The number of rotatable bonds is 4. The molecule has 0 saturated carbocycles. The molecule has 0 bridgehead atoms. The molecule has 2 heterocycles. The summed E-state index contributed by atoms with van der Waals surface area (Å²) in [5.41, 5.74) is 0.635. The van der Waals surface area contributed by atoms with E-state index in [0.29, 0.717) is 16.3 Å². The molecule has 2 aromatic rings. The summed E-state index contributed by atoms with van der Waals surface area (Å²) < 4.78 is 5.40. The van der Waals surface area contributed by atoms with Gasteiger partial charge in [0.15, 0.2) is 0 Å². The van der Waals surface area contributed by atoms with Crippen molar-refractivity contribution in [3.63, 3.8) is 0 Å². The highest BCUT2D eigenvalue weighted by Crippen LogP contribution is 2.38. The van der Waals surface area contributed by atoms with Gasteiger partial charge in [0.1, 0.15) is 11.5 Å². The van der Waals surface area contributed by atoms with Gasteiger partial charge >= 0.3 is 0 Å². The lowest BCUT2D eigenvalue weighted by molar-refractivity contribution is -0.140. The zero-order chi connectivity index (χ0) is 19.7. The number of furan rings is 1. The molecular formula is C22H20ClNO4. The fraction of sp³-hybridized carbons (Fsp3) is 0.273. The number of halogens is 1. The summed E-state index contributed by atoms with van der Waals surface area (Å²) in [5, 5.41) is 11.5. The van der Waals surface area contributed by atoms with Gasteiger partial charge in [0.2, 0.25) is 0 Å². The van der Waals surface area contributed by atoms with Crippen molar-refractivity contribution in [2.24, 2.45) is 5.92 Å². The van der Waals surface area contributed by atoms with E-state index in [1.807, 2.05) is 0 Å². The lowest BCUT2D eigenvalue weighted by Gasteiger charge is -2.32. The Kier molecular flexibility index (Phi) is 5.09. The largest absolute Gasteiger partial charge is 0.507 e. The van der Waals surface area contributed by atoms with Crippen LogP contribution in [0.25, 0.3) is 5.76 Å². The van der Waals surface area contributed by atoms with E-state index in [1.54, 1.807) is 36.4 Å². The molecule has 2 atom stereocenters. The first kappa shape index (κ1) is 18.6. The van der Waals surface area contributed by atoms with E-state index in [4.69, 9.17) is 16.0 Å². The normalized spacial score (nSPS) is 24.1. The Labute approximate surface area is 167 Å². The number of ketones is 1. The number of amides is 1. The van der Waals surface area contributed by atoms with Gasteiger partial charge in [-0.05, 0) is 61.6 Å². The van der Waals surface area contributed by atoms with Gasteiger partial charge in [-0.25, -0.2) is 0 Å². The summed E-state index contributed by atoms with van der Waals surface area (Å²) in [6.07, 6.45) is 8.19. The third-order valence-corrected chi connectivity index (χ3v) is 5.62. The lowest BCUT2D eigenvalue weighted by Crippen LogP contribution is -2.39. The van der Waals surface area contributed by atoms with Crippen LogP contribution in [0, 0.1) is 5.92 Å². The minimum atomic E-state index is -0.654. The van der Waals surface area contributed by atoms with Crippen molar-refractivity contribution < 1.29 is 19.1 Å².